The number of alkyl halides is 3. The van der Waals surface area contributed by atoms with Gasteiger partial charge in [0, 0.05) is 12.2 Å². The molecule has 3 nitrogen and oxygen atoms in total. The number of methoxy groups -OCH3 is 1. The first kappa shape index (κ1) is 14.3. The smallest absolute Gasteiger partial charge is 0.416 e. The number of benzene rings is 1. The molecule has 1 rings (SSSR count). The van der Waals surface area contributed by atoms with Gasteiger partial charge in [0.25, 0.3) is 0 Å². The standard InChI is InChI=1S/C12H14F3NO2/c1-8(11(17)18-2)7-16-10-5-3-4-9(6-10)12(13,14)15/h3-6,8,16H,7H2,1-2H3. The molecule has 18 heavy (non-hydrogen) atoms. The van der Waals surface area contributed by atoms with E-state index in [4.69, 9.17) is 0 Å². The van der Waals surface area contributed by atoms with Crippen molar-refractivity contribution >= 4 is 11.7 Å². The highest BCUT2D eigenvalue weighted by molar-refractivity contribution is 5.72. The number of hydrogen-bond donors (Lipinski definition) is 1. The zero-order valence-electron chi connectivity index (χ0n) is 10.0. The molecule has 0 aliphatic rings. The zero-order chi connectivity index (χ0) is 13.8. The van der Waals surface area contributed by atoms with E-state index < -0.39 is 23.6 Å². The van der Waals surface area contributed by atoms with Crippen LogP contribution in [0.1, 0.15) is 12.5 Å². The fourth-order valence-corrected chi connectivity index (χ4v) is 1.36. The molecule has 6 heteroatoms. The predicted octanol–water partition coefficient (Wildman–Crippen LogP) is 2.93. The lowest BCUT2D eigenvalue weighted by Gasteiger charge is -2.13. The Morgan fingerprint density at radius 3 is 2.67 bits per heavy atom. The van der Waals surface area contributed by atoms with Crippen molar-refractivity contribution in [2.45, 2.75) is 13.1 Å². The van der Waals surface area contributed by atoms with Crippen LogP contribution in [0.15, 0.2) is 24.3 Å². The van der Waals surface area contributed by atoms with Crippen LogP contribution in [0.2, 0.25) is 0 Å². The molecule has 0 bridgehead atoms. The van der Waals surface area contributed by atoms with Crippen molar-refractivity contribution in [2.75, 3.05) is 19.0 Å². The number of rotatable bonds is 4. The Hall–Kier alpha value is -1.72. The summed E-state index contributed by atoms with van der Waals surface area (Å²) in [5.74, 6) is -0.834. The second-order valence-corrected chi connectivity index (χ2v) is 3.88. The lowest BCUT2D eigenvalue weighted by molar-refractivity contribution is -0.144. The maximum Gasteiger partial charge on any atom is 0.416 e. The van der Waals surface area contributed by atoms with E-state index in [2.05, 4.69) is 10.1 Å². The summed E-state index contributed by atoms with van der Waals surface area (Å²) in [6, 6.07) is 4.83. The minimum Gasteiger partial charge on any atom is -0.469 e. The van der Waals surface area contributed by atoms with Crippen LogP contribution in [0, 0.1) is 5.92 Å². The third kappa shape index (κ3) is 3.94. The molecule has 0 saturated carbocycles. The summed E-state index contributed by atoms with van der Waals surface area (Å²) in [6.45, 7) is 1.85. The summed E-state index contributed by atoms with van der Waals surface area (Å²) in [5.41, 5.74) is -0.404. The van der Waals surface area contributed by atoms with E-state index in [0.29, 0.717) is 5.69 Å². The molecular formula is C12H14F3NO2. The first-order valence-electron chi connectivity index (χ1n) is 5.33. The highest BCUT2D eigenvalue weighted by Crippen LogP contribution is 2.30. The Balaban J connectivity index is 2.66. The van der Waals surface area contributed by atoms with Crippen molar-refractivity contribution < 1.29 is 22.7 Å². The molecule has 1 aromatic carbocycles. The fraction of sp³-hybridized carbons (Fsp3) is 0.417. The molecule has 1 unspecified atom stereocenters. The summed E-state index contributed by atoms with van der Waals surface area (Å²) in [7, 11) is 1.27. The van der Waals surface area contributed by atoms with E-state index in [-0.39, 0.29) is 6.54 Å². The topological polar surface area (TPSA) is 38.3 Å². The van der Waals surface area contributed by atoms with Gasteiger partial charge in [-0.3, -0.25) is 4.79 Å². The van der Waals surface area contributed by atoms with Gasteiger partial charge in [0.2, 0.25) is 0 Å². The van der Waals surface area contributed by atoms with Gasteiger partial charge in [-0.05, 0) is 18.2 Å². The van der Waals surface area contributed by atoms with Gasteiger partial charge in [0.05, 0.1) is 18.6 Å². The van der Waals surface area contributed by atoms with Gasteiger partial charge in [-0.15, -0.1) is 0 Å². The molecule has 0 radical (unpaired) electrons. The Labute approximate surface area is 103 Å². The molecule has 1 aromatic rings. The van der Waals surface area contributed by atoms with E-state index in [9.17, 15) is 18.0 Å². The molecule has 0 heterocycles. The number of carbonyl (C=O) groups excluding carboxylic acids is 1. The summed E-state index contributed by atoms with van der Waals surface area (Å²) < 4.78 is 41.9. The molecule has 1 N–H and O–H groups in total. The summed E-state index contributed by atoms with van der Waals surface area (Å²) >= 11 is 0. The van der Waals surface area contributed by atoms with Crippen LogP contribution < -0.4 is 5.32 Å². The minimum atomic E-state index is -4.37. The molecular weight excluding hydrogens is 247 g/mol. The number of halogens is 3. The van der Waals surface area contributed by atoms with Crippen LogP contribution in [0.5, 0.6) is 0 Å². The largest absolute Gasteiger partial charge is 0.469 e. The molecule has 0 aliphatic carbocycles. The Bertz CT molecular complexity index is 418. The van der Waals surface area contributed by atoms with Gasteiger partial charge in [0.1, 0.15) is 0 Å². The van der Waals surface area contributed by atoms with Gasteiger partial charge in [-0.25, -0.2) is 0 Å². The van der Waals surface area contributed by atoms with Crippen LogP contribution in [-0.4, -0.2) is 19.6 Å². The maximum absolute atomic E-state index is 12.4. The molecule has 0 aliphatic heterocycles. The van der Waals surface area contributed by atoms with Crippen LogP contribution in [0.4, 0.5) is 18.9 Å². The Kier molecular flexibility index (Phi) is 4.58. The highest BCUT2D eigenvalue weighted by atomic mass is 19.4. The van der Waals surface area contributed by atoms with E-state index >= 15 is 0 Å². The van der Waals surface area contributed by atoms with Crippen LogP contribution >= 0.6 is 0 Å². The lowest BCUT2D eigenvalue weighted by Crippen LogP contribution is -2.21. The first-order chi connectivity index (χ1) is 8.34. The molecule has 100 valence electrons. The van der Waals surface area contributed by atoms with Gasteiger partial charge in [-0.1, -0.05) is 13.0 Å². The van der Waals surface area contributed by atoms with Gasteiger partial charge in [-0.2, -0.15) is 13.2 Å². The summed E-state index contributed by atoms with van der Waals surface area (Å²) in [5, 5.41) is 2.77. The summed E-state index contributed by atoms with van der Waals surface area (Å²) in [6.07, 6.45) is -4.37. The second kappa shape index (κ2) is 5.75. The van der Waals surface area contributed by atoms with Crippen molar-refractivity contribution in [3.8, 4) is 0 Å². The SMILES string of the molecule is COC(=O)C(C)CNc1cccc(C(F)(F)F)c1. The van der Waals surface area contributed by atoms with Gasteiger partial charge in [0.15, 0.2) is 0 Å². The van der Waals surface area contributed by atoms with Gasteiger partial charge < -0.3 is 10.1 Å². The number of hydrogen-bond acceptors (Lipinski definition) is 3. The Morgan fingerprint density at radius 1 is 1.44 bits per heavy atom. The third-order valence-electron chi connectivity index (χ3n) is 2.41. The highest BCUT2D eigenvalue weighted by Gasteiger charge is 2.30. The van der Waals surface area contributed by atoms with Crippen LogP contribution in [0.3, 0.4) is 0 Å². The normalized spacial score (nSPS) is 12.9. The average molecular weight is 261 g/mol. The van der Waals surface area contributed by atoms with Crippen molar-refractivity contribution in [3.63, 3.8) is 0 Å². The van der Waals surface area contributed by atoms with Crippen molar-refractivity contribution in [1.82, 2.24) is 0 Å². The quantitative estimate of drug-likeness (QED) is 0.847. The number of carbonyl (C=O) groups is 1. The predicted molar refractivity (Wildman–Crippen MR) is 61.1 cm³/mol. The summed E-state index contributed by atoms with van der Waals surface area (Å²) in [4.78, 5) is 11.1. The van der Waals surface area contributed by atoms with Gasteiger partial charge >= 0.3 is 12.1 Å². The molecule has 0 spiro atoms. The van der Waals surface area contributed by atoms with Crippen molar-refractivity contribution in [1.29, 1.82) is 0 Å². The number of anilines is 1. The number of nitrogens with one attached hydrogen (secondary N) is 1. The fourth-order valence-electron chi connectivity index (χ4n) is 1.36. The van der Waals surface area contributed by atoms with E-state index in [0.717, 1.165) is 12.1 Å². The van der Waals surface area contributed by atoms with Crippen molar-refractivity contribution in [3.05, 3.63) is 29.8 Å². The van der Waals surface area contributed by atoms with E-state index in [1.165, 1.54) is 19.2 Å². The minimum absolute atomic E-state index is 0.216. The number of esters is 1. The van der Waals surface area contributed by atoms with Crippen LogP contribution in [0.25, 0.3) is 0 Å². The molecule has 0 aromatic heterocycles. The third-order valence-corrected chi connectivity index (χ3v) is 2.41. The van der Waals surface area contributed by atoms with E-state index in [1.54, 1.807) is 6.92 Å². The first-order valence-corrected chi connectivity index (χ1v) is 5.33. The monoisotopic (exact) mass is 261 g/mol. The lowest BCUT2D eigenvalue weighted by atomic mass is 10.1. The zero-order valence-corrected chi connectivity index (χ0v) is 10.0. The Morgan fingerprint density at radius 2 is 2.11 bits per heavy atom. The molecule has 0 amide bonds. The number of ether oxygens (including phenoxy) is 1. The molecule has 0 saturated heterocycles. The van der Waals surface area contributed by atoms with Crippen LogP contribution in [-0.2, 0) is 15.7 Å². The van der Waals surface area contributed by atoms with Crippen molar-refractivity contribution in [2.24, 2.45) is 5.92 Å². The molecule has 0 fully saturated rings. The average Bonchev–Trinajstić information content (AvgIpc) is 2.34. The second-order valence-electron chi connectivity index (χ2n) is 3.88. The maximum atomic E-state index is 12.4. The molecule has 1 atom stereocenters. The van der Waals surface area contributed by atoms with E-state index in [1.807, 2.05) is 0 Å².